The molecule has 0 aliphatic rings. The van der Waals surface area contributed by atoms with Gasteiger partial charge >= 0.3 is 0 Å². The SMILES string of the molecule is CN(C)c1nnc(Sc2ccc([N+](=O)[O-])cn2)s1. The summed E-state index contributed by atoms with van der Waals surface area (Å²) in [5.74, 6) is 0. The Morgan fingerprint density at radius 1 is 1.39 bits per heavy atom. The second kappa shape index (κ2) is 5.27. The molecule has 94 valence electrons. The fourth-order valence-corrected chi connectivity index (χ4v) is 2.71. The minimum atomic E-state index is -0.476. The van der Waals surface area contributed by atoms with E-state index in [1.807, 2.05) is 19.0 Å². The summed E-state index contributed by atoms with van der Waals surface area (Å²) >= 11 is 2.77. The zero-order valence-electron chi connectivity index (χ0n) is 9.60. The van der Waals surface area contributed by atoms with Crippen molar-refractivity contribution in [1.82, 2.24) is 15.2 Å². The summed E-state index contributed by atoms with van der Waals surface area (Å²) in [6, 6.07) is 3.02. The van der Waals surface area contributed by atoms with E-state index in [1.54, 1.807) is 6.07 Å². The predicted molar refractivity (Wildman–Crippen MR) is 69.3 cm³/mol. The molecular weight excluding hydrogens is 274 g/mol. The van der Waals surface area contributed by atoms with Crippen molar-refractivity contribution in [2.24, 2.45) is 0 Å². The van der Waals surface area contributed by atoms with Crippen LogP contribution in [-0.2, 0) is 0 Å². The van der Waals surface area contributed by atoms with E-state index in [0.29, 0.717) is 5.03 Å². The van der Waals surface area contributed by atoms with Gasteiger partial charge in [-0.1, -0.05) is 11.3 Å². The van der Waals surface area contributed by atoms with E-state index in [0.717, 1.165) is 9.47 Å². The molecule has 7 nitrogen and oxygen atoms in total. The summed E-state index contributed by atoms with van der Waals surface area (Å²) in [6.07, 6.45) is 1.23. The third kappa shape index (κ3) is 2.93. The van der Waals surface area contributed by atoms with Crippen LogP contribution in [0.15, 0.2) is 27.7 Å². The van der Waals surface area contributed by atoms with Crippen LogP contribution in [-0.4, -0.2) is 34.2 Å². The standard InChI is InChI=1S/C9H9N5O2S2/c1-13(2)8-11-12-9(18-8)17-7-4-3-6(5-10-7)14(15)16/h3-5H,1-2H3. The molecule has 0 saturated heterocycles. The molecule has 0 aliphatic carbocycles. The number of hydrogen-bond donors (Lipinski definition) is 0. The lowest BCUT2D eigenvalue weighted by molar-refractivity contribution is -0.385. The molecule has 2 rings (SSSR count). The van der Waals surface area contributed by atoms with Crippen molar-refractivity contribution in [3.8, 4) is 0 Å². The van der Waals surface area contributed by atoms with Crippen LogP contribution in [0.4, 0.5) is 10.8 Å². The minimum Gasteiger partial charge on any atom is -0.353 e. The van der Waals surface area contributed by atoms with E-state index in [9.17, 15) is 10.1 Å². The normalized spacial score (nSPS) is 10.3. The highest BCUT2D eigenvalue weighted by molar-refractivity contribution is 8.01. The number of anilines is 1. The molecule has 0 saturated carbocycles. The Hall–Kier alpha value is -1.74. The highest BCUT2D eigenvalue weighted by Gasteiger charge is 2.10. The van der Waals surface area contributed by atoms with Crippen LogP contribution in [0.2, 0.25) is 0 Å². The molecule has 0 spiro atoms. The van der Waals surface area contributed by atoms with Gasteiger partial charge < -0.3 is 4.90 Å². The molecule has 2 aromatic rings. The smallest absolute Gasteiger partial charge is 0.287 e. The molecule has 0 aliphatic heterocycles. The number of pyridine rings is 1. The van der Waals surface area contributed by atoms with Gasteiger partial charge in [-0.25, -0.2) is 4.98 Å². The Morgan fingerprint density at radius 3 is 2.67 bits per heavy atom. The first-order chi connectivity index (χ1) is 8.56. The van der Waals surface area contributed by atoms with Crippen molar-refractivity contribution < 1.29 is 4.92 Å². The van der Waals surface area contributed by atoms with Gasteiger partial charge in [0.25, 0.3) is 5.69 Å². The predicted octanol–water partition coefficient (Wildman–Crippen LogP) is 2.06. The van der Waals surface area contributed by atoms with Gasteiger partial charge in [0.15, 0.2) is 4.34 Å². The number of rotatable bonds is 4. The molecule has 2 heterocycles. The monoisotopic (exact) mass is 283 g/mol. The number of nitrogens with zero attached hydrogens (tertiary/aromatic N) is 5. The summed E-state index contributed by atoms with van der Waals surface area (Å²) in [7, 11) is 3.78. The summed E-state index contributed by atoms with van der Waals surface area (Å²) in [4.78, 5) is 15.9. The maximum Gasteiger partial charge on any atom is 0.287 e. The summed E-state index contributed by atoms with van der Waals surface area (Å²) in [6.45, 7) is 0. The van der Waals surface area contributed by atoms with E-state index in [1.165, 1.54) is 35.4 Å². The molecule has 0 unspecified atom stereocenters. The van der Waals surface area contributed by atoms with Crippen molar-refractivity contribution >= 4 is 33.9 Å². The summed E-state index contributed by atoms with van der Waals surface area (Å²) < 4.78 is 0.750. The lowest BCUT2D eigenvalue weighted by atomic mass is 10.4. The topological polar surface area (TPSA) is 85.0 Å². The first-order valence-corrected chi connectivity index (χ1v) is 6.48. The number of hydrogen-bond acceptors (Lipinski definition) is 8. The Balaban J connectivity index is 2.10. The van der Waals surface area contributed by atoms with E-state index >= 15 is 0 Å². The van der Waals surface area contributed by atoms with E-state index < -0.39 is 4.92 Å². The van der Waals surface area contributed by atoms with Crippen LogP contribution >= 0.6 is 23.1 Å². The second-order valence-electron chi connectivity index (χ2n) is 3.46. The van der Waals surface area contributed by atoms with Crippen LogP contribution in [0.3, 0.4) is 0 Å². The summed E-state index contributed by atoms with van der Waals surface area (Å²) in [5, 5.41) is 19.9. The molecule has 0 fully saturated rings. The van der Waals surface area contributed by atoms with Gasteiger partial charge in [0.1, 0.15) is 11.2 Å². The molecule has 0 atom stereocenters. The number of nitro groups is 1. The molecule has 0 N–H and O–H groups in total. The molecule has 2 aromatic heterocycles. The average molecular weight is 283 g/mol. The quantitative estimate of drug-likeness (QED) is 0.627. The van der Waals surface area contributed by atoms with Crippen molar-refractivity contribution in [3.63, 3.8) is 0 Å². The first kappa shape index (κ1) is 12.7. The lowest BCUT2D eigenvalue weighted by Crippen LogP contribution is -2.07. The van der Waals surface area contributed by atoms with Crippen molar-refractivity contribution in [1.29, 1.82) is 0 Å². The molecule has 18 heavy (non-hydrogen) atoms. The van der Waals surface area contributed by atoms with Crippen LogP contribution in [0.5, 0.6) is 0 Å². The fourth-order valence-electron chi connectivity index (χ4n) is 1.05. The van der Waals surface area contributed by atoms with E-state index in [4.69, 9.17) is 0 Å². The molecular formula is C9H9N5O2S2. The Bertz CT molecular complexity index is 554. The van der Waals surface area contributed by atoms with Crippen LogP contribution in [0, 0.1) is 10.1 Å². The maximum atomic E-state index is 10.5. The van der Waals surface area contributed by atoms with Gasteiger partial charge in [-0.15, -0.1) is 10.2 Å². The lowest BCUT2D eigenvalue weighted by Gasteiger charge is -2.03. The van der Waals surface area contributed by atoms with Crippen LogP contribution < -0.4 is 4.90 Å². The largest absolute Gasteiger partial charge is 0.353 e. The zero-order chi connectivity index (χ0) is 13.1. The van der Waals surface area contributed by atoms with E-state index in [-0.39, 0.29) is 5.69 Å². The van der Waals surface area contributed by atoms with Gasteiger partial charge in [0.2, 0.25) is 5.13 Å². The Morgan fingerprint density at radius 2 is 2.17 bits per heavy atom. The molecule has 0 radical (unpaired) electrons. The first-order valence-electron chi connectivity index (χ1n) is 4.85. The molecule has 0 aromatic carbocycles. The van der Waals surface area contributed by atoms with Gasteiger partial charge in [0, 0.05) is 20.2 Å². The van der Waals surface area contributed by atoms with Gasteiger partial charge in [-0.2, -0.15) is 0 Å². The minimum absolute atomic E-state index is 0.0226. The molecule has 0 bridgehead atoms. The highest BCUT2D eigenvalue weighted by atomic mass is 32.2. The van der Waals surface area contributed by atoms with E-state index in [2.05, 4.69) is 15.2 Å². The molecule has 0 amide bonds. The van der Waals surface area contributed by atoms with Crippen molar-refractivity contribution in [2.75, 3.05) is 19.0 Å². The second-order valence-corrected chi connectivity index (χ2v) is 5.68. The Labute approximate surface area is 111 Å². The summed E-state index contributed by atoms with van der Waals surface area (Å²) in [5.41, 5.74) is -0.0226. The van der Waals surface area contributed by atoms with Gasteiger partial charge in [-0.05, 0) is 17.8 Å². The third-order valence-corrected chi connectivity index (χ3v) is 3.99. The van der Waals surface area contributed by atoms with Gasteiger partial charge in [0.05, 0.1) is 4.92 Å². The zero-order valence-corrected chi connectivity index (χ0v) is 11.2. The highest BCUT2D eigenvalue weighted by Crippen LogP contribution is 2.31. The van der Waals surface area contributed by atoms with Crippen LogP contribution in [0.25, 0.3) is 0 Å². The Kier molecular flexibility index (Phi) is 3.72. The van der Waals surface area contributed by atoms with Crippen molar-refractivity contribution in [2.45, 2.75) is 9.37 Å². The average Bonchev–Trinajstić information content (AvgIpc) is 2.78. The maximum absolute atomic E-state index is 10.5. The van der Waals surface area contributed by atoms with Crippen LogP contribution in [0.1, 0.15) is 0 Å². The fraction of sp³-hybridized carbons (Fsp3) is 0.222. The molecule has 9 heteroatoms. The van der Waals surface area contributed by atoms with Crippen molar-refractivity contribution in [3.05, 3.63) is 28.4 Å². The van der Waals surface area contributed by atoms with Gasteiger partial charge in [-0.3, -0.25) is 10.1 Å². The third-order valence-electron chi connectivity index (χ3n) is 1.90. The number of aromatic nitrogens is 3.